The minimum atomic E-state index is 0.0210. The predicted octanol–water partition coefficient (Wildman–Crippen LogP) is 4.21. The van der Waals surface area contributed by atoms with Crippen molar-refractivity contribution in [1.82, 2.24) is 0 Å². The third kappa shape index (κ3) is 2.40. The highest BCUT2D eigenvalue weighted by molar-refractivity contribution is 5.78. The van der Waals surface area contributed by atoms with E-state index in [9.17, 15) is 0 Å². The predicted molar refractivity (Wildman–Crippen MR) is 96.1 cm³/mol. The SMILES string of the molecule is Cc1ccc2c(c1)Nc1cc(N3CCOCC3)ccc1C2(C)C. The van der Waals surface area contributed by atoms with Crippen LogP contribution in [-0.2, 0) is 10.2 Å². The number of ether oxygens (including phenoxy) is 1. The number of fused-ring (bicyclic) bond motifs is 2. The van der Waals surface area contributed by atoms with Crippen molar-refractivity contribution in [2.75, 3.05) is 36.5 Å². The molecule has 0 unspecified atom stereocenters. The van der Waals surface area contributed by atoms with Gasteiger partial charge in [-0.2, -0.15) is 0 Å². The molecule has 1 fully saturated rings. The topological polar surface area (TPSA) is 24.5 Å². The average Bonchev–Trinajstić information content (AvgIpc) is 2.55. The first kappa shape index (κ1) is 14.6. The minimum Gasteiger partial charge on any atom is -0.378 e. The van der Waals surface area contributed by atoms with Gasteiger partial charge in [-0.05, 0) is 41.8 Å². The third-order valence-corrected chi connectivity index (χ3v) is 5.17. The summed E-state index contributed by atoms with van der Waals surface area (Å²) in [5.41, 5.74) is 7.80. The van der Waals surface area contributed by atoms with E-state index in [2.05, 4.69) is 67.4 Å². The quantitative estimate of drug-likeness (QED) is 0.854. The Balaban J connectivity index is 1.77. The van der Waals surface area contributed by atoms with E-state index in [0.717, 1.165) is 26.3 Å². The second kappa shape index (κ2) is 5.27. The van der Waals surface area contributed by atoms with Gasteiger partial charge in [-0.15, -0.1) is 0 Å². The van der Waals surface area contributed by atoms with Gasteiger partial charge in [-0.25, -0.2) is 0 Å². The fourth-order valence-electron chi connectivity index (χ4n) is 3.80. The third-order valence-electron chi connectivity index (χ3n) is 5.17. The van der Waals surface area contributed by atoms with E-state index in [1.54, 1.807) is 0 Å². The van der Waals surface area contributed by atoms with Gasteiger partial charge >= 0.3 is 0 Å². The highest BCUT2D eigenvalue weighted by Gasteiger charge is 2.32. The van der Waals surface area contributed by atoms with Gasteiger partial charge in [0.1, 0.15) is 0 Å². The van der Waals surface area contributed by atoms with Gasteiger partial charge in [-0.1, -0.05) is 32.0 Å². The first-order valence-electron chi connectivity index (χ1n) is 8.41. The van der Waals surface area contributed by atoms with Crippen LogP contribution in [0.15, 0.2) is 36.4 Å². The van der Waals surface area contributed by atoms with Crippen molar-refractivity contribution in [1.29, 1.82) is 0 Å². The second-order valence-electron chi connectivity index (χ2n) is 7.13. The van der Waals surface area contributed by atoms with Gasteiger partial charge in [0.05, 0.1) is 13.2 Å². The van der Waals surface area contributed by atoms with Crippen LogP contribution in [0.1, 0.15) is 30.5 Å². The fourth-order valence-corrected chi connectivity index (χ4v) is 3.80. The molecule has 0 radical (unpaired) electrons. The zero-order valence-corrected chi connectivity index (χ0v) is 14.1. The minimum absolute atomic E-state index is 0.0210. The fraction of sp³-hybridized carbons (Fsp3) is 0.400. The molecule has 4 rings (SSSR count). The number of nitrogens with zero attached hydrogens (tertiary/aromatic N) is 1. The van der Waals surface area contributed by atoms with Crippen LogP contribution in [0.3, 0.4) is 0 Å². The molecule has 0 aliphatic carbocycles. The van der Waals surface area contributed by atoms with Crippen molar-refractivity contribution in [3.8, 4) is 0 Å². The Labute approximate surface area is 138 Å². The molecule has 3 heteroatoms. The zero-order valence-electron chi connectivity index (χ0n) is 14.1. The van der Waals surface area contributed by atoms with Crippen molar-refractivity contribution in [2.45, 2.75) is 26.2 Å². The number of hydrogen-bond acceptors (Lipinski definition) is 3. The summed E-state index contributed by atoms with van der Waals surface area (Å²) >= 11 is 0. The molecule has 0 amide bonds. The Bertz CT molecular complexity index is 745. The maximum absolute atomic E-state index is 5.47. The number of hydrogen-bond donors (Lipinski definition) is 1. The lowest BCUT2D eigenvalue weighted by Gasteiger charge is -2.37. The van der Waals surface area contributed by atoms with Crippen molar-refractivity contribution < 1.29 is 4.74 Å². The molecule has 0 aromatic heterocycles. The normalized spacial score (nSPS) is 18.8. The molecular formula is C20H24N2O. The lowest BCUT2D eigenvalue weighted by atomic mass is 9.74. The van der Waals surface area contributed by atoms with E-state index in [1.165, 1.54) is 33.8 Å². The highest BCUT2D eigenvalue weighted by Crippen LogP contribution is 2.46. The van der Waals surface area contributed by atoms with Gasteiger partial charge in [0.2, 0.25) is 0 Å². The number of nitrogens with one attached hydrogen (secondary N) is 1. The average molecular weight is 308 g/mol. The molecule has 2 aliphatic heterocycles. The summed E-state index contributed by atoms with van der Waals surface area (Å²) in [7, 11) is 0. The molecule has 2 aliphatic rings. The molecule has 2 aromatic rings. The van der Waals surface area contributed by atoms with Gasteiger partial charge in [0, 0.05) is 35.6 Å². The van der Waals surface area contributed by atoms with E-state index < -0.39 is 0 Å². The summed E-state index contributed by atoms with van der Waals surface area (Å²) in [4.78, 5) is 2.41. The number of rotatable bonds is 1. The van der Waals surface area contributed by atoms with Gasteiger partial charge in [0.15, 0.2) is 0 Å². The largest absolute Gasteiger partial charge is 0.378 e. The lowest BCUT2D eigenvalue weighted by Crippen LogP contribution is -2.36. The van der Waals surface area contributed by atoms with Crippen LogP contribution in [0.4, 0.5) is 17.1 Å². The summed E-state index contributed by atoms with van der Waals surface area (Å²) in [6.07, 6.45) is 0. The van der Waals surface area contributed by atoms with Gasteiger partial charge in [0.25, 0.3) is 0 Å². The number of morpholine rings is 1. The van der Waals surface area contributed by atoms with Crippen LogP contribution in [-0.4, -0.2) is 26.3 Å². The van der Waals surface area contributed by atoms with Crippen molar-refractivity contribution in [2.24, 2.45) is 0 Å². The van der Waals surface area contributed by atoms with Crippen molar-refractivity contribution in [3.05, 3.63) is 53.1 Å². The van der Waals surface area contributed by atoms with Crippen LogP contribution in [0.5, 0.6) is 0 Å². The summed E-state index contributed by atoms with van der Waals surface area (Å²) in [6.45, 7) is 10.4. The lowest BCUT2D eigenvalue weighted by molar-refractivity contribution is 0.122. The molecule has 0 bridgehead atoms. The molecule has 120 valence electrons. The van der Waals surface area contributed by atoms with E-state index in [1.807, 2.05) is 0 Å². The standard InChI is InChI=1S/C20H24N2O/c1-14-4-6-16-18(12-14)21-19-13-15(22-8-10-23-11-9-22)5-7-17(19)20(16,2)3/h4-7,12-13,21H,8-11H2,1-3H3. The monoisotopic (exact) mass is 308 g/mol. The van der Waals surface area contributed by atoms with E-state index >= 15 is 0 Å². The molecule has 0 atom stereocenters. The maximum atomic E-state index is 5.47. The number of benzene rings is 2. The number of aryl methyl sites for hydroxylation is 1. The second-order valence-corrected chi connectivity index (χ2v) is 7.13. The van der Waals surface area contributed by atoms with Crippen LogP contribution in [0.25, 0.3) is 0 Å². The zero-order chi connectivity index (χ0) is 16.0. The number of anilines is 3. The van der Waals surface area contributed by atoms with Gasteiger partial charge in [-0.3, -0.25) is 0 Å². The molecule has 0 spiro atoms. The Hall–Kier alpha value is -2.00. The summed E-state index contributed by atoms with van der Waals surface area (Å²) in [6, 6.07) is 13.6. The van der Waals surface area contributed by atoms with E-state index in [4.69, 9.17) is 4.74 Å². The Kier molecular flexibility index (Phi) is 3.34. The first-order valence-corrected chi connectivity index (χ1v) is 8.41. The van der Waals surface area contributed by atoms with Crippen LogP contribution >= 0.6 is 0 Å². The maximum Gasteiger partial charge on any atom is 0.0642 e. The van der Waals surface area contributed by atoms with E-state index in [0.29, 0.717) is 0 Å². The van der Waals surface area contributed by atoms with Crippen molar-refractivity contribution in [3.63, 3.8) is 0 Å². The highest BCUT2D eigenvalue weighted by atomic mass is 16.5. The molecule has 1 saturated heterocycles. The van der Waals surface area contributed by atoms with Crippen LogP contribution < -0.4 is 10.2 Å². The summed E-state index contributed by atoms with van der Waals surface area (Å²) < 4.78 is 5.47. The van der Waals surface area contributed by atoms with E-state index in [-0.39, 0.29) is 5.41 Å². The van der Waals surface area contributed by atoms with Crippen molar-refractivity contribution >= 4 is 17.1 Å². The smallest absolute Gasteiger partial charge is 0.0642 e. The molecule has 2 heterocycles. The first-order chi connectivity index (χ1) is 11.1. The van der Waals surface area contributed by atoms with Gasteiger partial charge < -0.3 is 15.0 Å². The Morgan fingerprint density at radius 2 is 1.61 bits per heavy atom. The molecule has 0 saturated carbocycles. The molecule has 2 aromatic carbocycles. The summed E-state index contributed by atoms with van der Waals surface area (Å²) in [5, 5.41) is 3.66. The van der Waals surface area contributed by atoms with Crippen LogP contribution in [0.2, 0.25) is 0 Å². The molecule has 1 N–H and O–H groups in total. The Morgan fingerprint density at radius 3 is 2.35 bits per heavy atom. The molecule has 3 nitrogen and oxygen atoms in total. The Morgan fingerprint density at radius 1 is 0.957 bits per heavy atom. The molecular weight excluding hydrogens is 284 g/mol. The molecule has 23 heavy (non-hydrogen) atoms. The van der Waals surface area contributed by atoms with Crippen LogP contribution in [0, 0.1) is 6.92 Å². The summed E-state index contributed by atoms with van der Waals surface area (Å²) in [5.74, 6) is 0.